The van der Waals surface area contributed by atoms with Gasteiger partial charge in [0.25, 0.3) is 5.88 Å². The Labute approximate surface area is 181 Å². The number of carbonyl (C=O) groups is 1. The standard InChI is InChI=1S/C22H25N3O5S/c1-31(27,28)14-21(26)25-12-17-9-18(25)11-24(17)10-15-4-6-16(7-5-15)20-13-29-19-3-2-8-23-22(19)30-20/h2-8,17-18,20H,9-14H2,1H3/t17-,18+,20-/m1/s1. The van der Waals surface area contributed by atoms with Crippen LogP contribution >= 0.6 is 0 Å². The van der Waals surface area contributed by atoms with E-state index in [1.807, 2.05) is 12.1 Å². The molecular weight excluding hydrogens is 418 g/mol. The number of fused-ring (bicyclic) bond motifs is 3. The molecule has 2 bridgehead atoms. The molecule has 1 amide bonds. The number of rotatable bonds is 5. The Kier molecular flexibility index (Phi) is 5.10. The summed E-state index contributed by atoms with van der Waals surface area (Å²) in [5, 5.41) is 0. The predicted octanol–water partition coefficient (Wildman–Crippen LogP) is 1.42. The van der Waals surface area contributed by atoms with E-state index in [9.17, 15) is 13.2 Å². The maximum atomic E-state index is 12.3. The van der Waals surface area contributed by atoms with E-state index < -0.39 is 15.6 Å². The second-order valence-electron chi connectivity index (χ2n) is 8.55. The van der Waals surface area contributed by atoms with Gasteiger partial charge in [0.15, 0.2) is 21.7 Å². The summed E-state index contributed by atoms with van der Waals surface area (Å²) in [5.74, 6) is 0.518. The Morgan fingerprint density at radius 2 is 1.97 bits per heavy atom. The van der Waals surface area contributed by atoms with Crippen molar-refractivity contribution in [3.05, 3.63) is 53.7 Å². The molecule has 1 aromatic heterocycles. The van der Waals surface area contributed by atoms with Crippen LogP contribution in [0.2, 0.25) is 0 Å². The molecule has 9 heteroatoms. The lowest BCUT2D eigenvalue weighted by Gasteiger charge is -2.34. The van der Waals surface area contributed by atoms with Crippen LogP contribution in [0, 0.1) is 0 Å². The number of hydrogen-bond acceptors (Lipinski definition) is 7. The molecule has 164 valence electrons. The fourth-order valence-corrected chi connectivity index (χ4v) is 5.32. The topological polar surface area (TPSA) is 89.0 Å². The number of nitrogens with zero attached hydrogens (tertiary/aromatic N) is 3. The minimum atomic E-state index is -3.30. The van der Waals surface area contributed by atoms with Gasteiger partial charge in [-0.1, -0.05) is 24.3 Å². The van der Waals surface area contributed by atoms with Gasteiger partial charge in [0, 0.05) is 44.2 Å². The molecule has 2 saturated heterocycles. The van der Waals surface area contributed by atoms with Crippen molar-refractivity contribution in [1.82, 2.24) is 14.8 Å². The third-order valence-electron chi connectivity index (χ3n) is 6.18. The number of ether oxygens (including phenoxy) is 2. The molecule has 0 unspecified atom stereocenters. The summed E-state index contributed by atoms with van der Waals surface area (Å²) in [6.07, 6.45) is 3.52. The van der Waals surface area contributed by atoms with Crippen LogP contribution in [0.3, 0.4) is 0 Å². The van der Waals surface area contributed by atoms with E-state index in [0.717, 1.165) is 31.3 Å². The molecule has 0 aliphatic carbocycles. The van der Waals surface area contributed by atoms with Crippen molar-refractivity contribution < 1.29 is 22.7 Å². The van der Waals surface area contributed by atoms with E-state index in [2.05, 4.69) is 34.1 Å². The largest absolute Gasteiger partial charge is 0.484 e. The highest BCUT2D eigenvalue weighted by Crippen LogP contribution is 2.35. The van der Waals surface area contributed by atoms with Gasteiger partial charge in [-0.05, 0) is 29.7 Å². The van der Waals surface area contributed by atoms with Gasteiger partial charge in [0.1, 0.15) is 12.4 Å². The van der Waals surface area contributed by atoms with Gasteiger partial charge in [-0.3, -0.25) is 9.69 Å². The Hall–Kier alpha value is -2.65. The summed E-state index contributed by atoms with van der Waals surface area (Å²) in [6, 6.07) is 12.4. The van der Waals surface area contributed by atoms with Gasteiger partial charge >= 0.3 is 0 Å². The number of amides is 1. The highest BCUT2D eigenvalue weighted by atomic mass is 32.2. The second-order valence-corrected chi connectivity index (χ2v) is 10.7. The van der Waals surface area contributed by atoms with E-state index in [0.29, 0.717) is 24.8 Å². The van der Waals surface area contributed by atoms with Crippen LogP contribution in [0.4, 0.5) is 0 Å². The van der Waals surface area contributed by atoms with Crippen molar-refractivity contribution in [3.63, 3.8) is 0 Å². The fourth-order valence-electron chi connectivity index (χ4n) is 4.70. The Bertz CT molecular complexity index is 1090. The number of sulfone groups is 1. The molecule has 2 aromatic rings. The maximum absolute atomic E-state index is 12.3. The van der Waals surface area contributed by atoms with Crippen LogP contribution in [0.1, 0.15) is 23.7 Å². The number of aromatic nitrogens is 1. The summed E-state index contributed by atoms with van der Waals surface area (Å²) < 4.78 is 34.6. The van der Waals surface area contributed by atoms with E-state index in [4.69, 9.17) is 9.47 Å². The molecule has 4 heterocycles. The first-order chi connectivity index (χ1) is 14.9. The number of hydrogen-bond donors (Lipinski definition) is 0. The molecule has 0 saturated carbocycles. The molecule has 3 aliphatic rings. The summed E-state index contributed by atoms with van der Waals surface area (Å²) in [5.41, 5.74) is 2.24. The van der Waals surface area contributed by atoms with Crippen molar-refractivity contribution in [2.24, 2.45) is 0 Å². The number of likely N-dealkylation sites (tertiary alicyclic amines) is 2. The molecule has 8 nitrogen and oxygen atoms in total. The molecule has 3 aliphatic heterocycles. The zero-order valence-electron chi connectivity index (χ0n) is 17.3. The maximum Gasteiger partial charge on any atom is 0.257 e. The van der Waals surface area contributed by atoms with Crippen LogP contribution in [0.15, 0.2) is 42.6 Å². The predicted molar refractivity (Wildman–Crippen MR) is 114 cm³/mol. The number of piperazine rings is 1. The molecule has 2 fully saturated rings. The van der Waals surface area contributed by atoms with Crippen molar-refractivity contribution in [1.29, 1.82) is 0 Å². The third-order valence-corrected chi connectivity index (χ3v) is 6.95. The first-order valence-electron chi connectivity index (χ1n) is 10.4. The molecule has 0 spiro atoms. The van der Waals surface area contributed by atoms with E-state index in [-0.39, 0.29) is 24.1 Å². The van der Waals surface area contributed by atoms with Gasteiger partial charge in [-0.2, -0.15) is 0 Å². The normalized spacial score (nSPS) is 25.1. The lowest BCUT2D eigenvalue weighted by molar-refractivity contribution is -0.130. The smallest absolute Gasteiger partial charge is 0.257 e. The van der Waals surface area contributed by atoms with Crippen LogP contribution in [0.25, 0.3) is 0 Å². The van der Waals surface area contributed by atoms with Crippen molar-refractivity contribution in [2.75, 3.05) is 31.7 Å². The van der Waals surface area contributed by atoms with Gasteiger partial charge in [0.2, 0.25) is 5.91 Å². The first kappa shape index (κ1) is 20.3. The van der Waals surface area contributed by atoms with Crippen molar-refractivity contribution in [3.8, 4) is 11.6 Å². The monoisotopic (exact) mass is 443 g/mol. The summed E-state index contributed by atoms with van der Waals surface area (Å²) in [6.45, 7) is 2.65. The molecular formula is C22H25N3O5S. The van der Waals surface area contributed by atoms with E-state index in [1.54, 1.807) is 11.1 Å². The van der Waals surface area contributed by atoms with Crippen molar-refractivity contribution >= 4 is 15.7 Å². The van der Waals surface area contributed by atoms with Gasteiger partial charge in [-0.15, -0.1) is 0 Å². The SMILES string of the molecule is CS(=O)(=O)CC(=O)N1C[C@H]2C[C@H]1CN2Cc1ccc([C@H]2COc3cccnc3O2)cc1. The summed E-state index contributed by atoms with van der Waals surface area (Å²) in [7, 11) is -3.30. The molecule has 3 atom stereocenters. The fraction of sp³-hybridized carbons (Fsp3) is 0.455. The molecule has 0 radical (unpaired) electrons. The van der Waals surface area contributed by atoms with Gasteiger partial charge in [0.05, 0.1) is 0 Å². The van der Waals surface area contributed by atoms with Crippen LogP contribution in [-0.2, 0) is 21.2 Å². The second kappa shape index (κ2) is 7.80. The van der Waals surface area contributed by atoms with E-state index >= 15 is 0 Å². The average molecular weight is 444 g/mol. The average Bonchev–Trinajstić information content (AvgIpc) is 3.33. The molecule has 31 heavy (non-hydrogen) atoms. The van der Waals surface area contributed by atoms with Crippen molar-refractivity contribution in [2.45, 2.75) is 31.2 Å². The summed E-state index contributed by atoms with van der Waals surface area (Å²) in [4.78, 5) is 20.6. The zero-order valence-corrected chi connectivity index (χ0v) is 18.1. The highest BCUT2D eigenvalue weighted by molar-refractivity contribution is 7.91. The van der Waals surface area contributed by atoms with Gasteiger partial charge in [-0.25, -0.2) is 13.4 Å². The van der Waals surface area contributed by atoms with Crippen LogP contribution < -0.4 is 9.47 Å². The Morgan fingerprint density at radius 3 is 2.68 bits per heavy atom. The Balaban J connectivity index is 1.18. The number of benzene rings is 1. The number of pyridine rings is 1. The number of carbonyl (C=O) groups excluding carboxylic acids is 1. The van der Waals surface area contributed by atoms with Gasteiger partial charge < -0.3 is 14.4 Å². The zero-order chi connectivity index (χ0) is 21.6. The molecule has 0 N–H and O–H groups in total. The third kappa shape index (κ3) is 4.24. The first-order valence-corrected chi connectivity index (χ1v) is 12.5. The Morgan fingerprint density at radius 1 is 1.16 bits per heavy atom. The quantitative estimate of drug-likeness (QED) is 0.691. The molecule has 5 rings (SSSR count). The van der Waals surface area contributed by atoms with Crippen LogP contribution in [-0.4, -0.2) is 72.9 Å². The minimum absolute atomic E-state index is 0.110. The summed E-state index contributed by atoms with van der Waals surface area (Å²) >= 11 is 0. The minimum Gasteiger partial charge on any atom is -0.484 e. The van der Waals surface area contributed by atoms with Crippen LogP contribution in [0.5, 0.6) is 11.6 Å². The van der Waals surface area contributed by atoms with E-state index in [1.165, 1.54) is 5.56 Å². The molecule has 1 aromatic carbocycles. The lowest BCUT2D eigenvalue weighted by atomic mass is 10.1. The highest BCUT2D eigenvalue weighted by Gasteiger charge is 2.45. The lowest BCUT2D eigenvalue weighted by Crippen LogP contribution is -2.49.